The van der Waals surface area contributed by atoms with Gasteiger partial charge in [-0.25, -0.2) is 0 Å². The minimum Gasteiger partial charge on any atom is -0.497 e. The summed E-state index contributed by atoms with van der Waals surface area (Å²) in [5, 5.41) is 18.8. The summed E-state index contributed by atoms with van der Waals surface area (Å²) in [6.45, 7) is 0. The first-order chi connectivity index (χ1) is 13.6. The van der Waals surface area contributed by atoms with Crippen molar-refractivity contribution >= 4 is 69.4 Å². The van der Waals surface area contributed by atoms with Gasteiger partial charge in [0.15, 0.2) is 5.11 Å². The Balaban J connectivity index is 2.10. The fourth-order valence-corrected chi connectivity index (χ4v) is 2.74. The lowest BCUT2D eigenvalue weighted by Crippen LogP contribution is -2.56. The molecular formula is C17H15Cl3N4O4S. The number of nitro groups is 1. The van der Waals surface area contributed by atoms with Crippen LogP contribution >= 0.6 is 47.0 Å². The first-order valence-corrected chi connectivity index (χ1v) is 9.48. The van der Waals surface area contributed by atoms with Crippen LogP contribution in [0.1, 0.15) is 10.4 Å². The lowest BCUT2D eigenvalue weighted by atomic mass is 10.2. The molecule has 0 saturated heterocycles. The Labute approximate surface area is 186 Å². The summed E-state index contributed by atoms with van der Waals surface area (Å²) in [6, 6.07) is 12.1. The molecule has 29 heavy (non-hydrogen) atoms. The highest BCUT2D eigenvalue weighted by molar-refractivity contribution is 7.80. The second-order valence-electron chi connectivity index (χ2n) is 5.59. The van der Waals surface area contributed by atoms with Crippen LogP contribution in [0.4, 0.5) is 11.4 Å². The van der Waals surface area contributed by atoms with E-state index in [1.807, 2.05) is 0 Å². The molecule has 0 bridgehead atoms. The van der Waals surface area contributed by atoms with Gasteiger partial charge in [-0.1, -0.05) is 46.9 Å². The van der Waals surface area contributed by atoms with Gasteiger partial charge in [0.2, 0.25) is 3.79 Å². The van der Waals surface area contributed by atoms with E-state index in [0.29, 0.717) is 11.4 Å². The number of alkyl halides is 3. The molecule has 2 rings (SSSR count). The van der Waals surface area contributed by atoms with Gasteiger partial charge in [0, 0.05) is 23.4 Å². The van der Waals surface area contributed by atoms with E-state index in [-0.39, 0.29) is 16.4 Å². The number of nitro benzene ring substituents is 1. The van der Waals surface area contributed by atoms with Crippen molar-refractivity contribution in [3.63, 3.8) is 0 Å². The molecule has 1 amide bonds. The molecule has 0 saturated carbocycles. The Morgan fingerprint density at radius 3 is 2.48 bits per heavy atom. The van der Waals surface area contributed by atoms with E-state index in [2.05, 4.69) is 16.0 Å². The lowest BCUT2D eigenvalue weighted by molar-refractivity contribution is -0.384. The molecule has 0 heterocycles. The van der Waals surface area contributed by atoms with Gasteiger partial charge in [0.1, 0.15) is 11.9 Å². The summed E-state index contributed by atoms with van der Waals surface area (Å²) < 4.78 is 3.13. The molecule has 12 heteroatoms. The molecule has 3 N–H and O–H groups in total. The zero-order valence-electron chi connectivity index (χ0n) is 14.8. The zero-order valence-corrected chi connectivity index (χ0v) is 17.9. The number of nitrogens with one attached hydrogen (secondary N) is 3. The molecule has 0 aliphatic carbocycles. The van der Waals surface area contributed by atoms with Gasteiger partial charge in [-0.05, 0) is 36.5 Å². The maximum Gasteiger partial charge on any atom is 0.271 e. The maximum absolute atomic E-state index is 12.5. The highest BCUT2D eigenvalue weighted by Crippen LogP contribution is 2.29. The largest absolute Gasteiger partial charge is 0.497 e. The lowest BCUT2D eigenvalue weighted by Gasteiger charge is -2.27. The Morgan fingerprint density at radius 1 is 1.17 bits per heavy atom. The number of ether oxygens (including phenoxy) is 1. The summed E-state index contributed by atoms with van der Waals surface area (Å²) in [5.74, 6) is -0.0511. The SMILES string of the molecule is COc1cccc(C(=O)N[C@H](NC(=S)Nc2cccc([N+](=O)[O-])c2)C(Cl)(Cl)Cl)c1. The number of anilines is 1. The highest BCUT2D eigenvalue weighted by Gasteiger charge is 2.35. The van der Waals surface area contributed by atoms with E-state index in [9.17, 15) is 14.9 Å². The molecule has 154 valence electrons. The summed E-state index contributed by atoms with van der Waals surface area (Å²) in [5.41, 5.74) is 0.504. The third-order valence-electron chi connectivity index (χ3n) is 3.52. The standard InChI is InChI=1S/C17H15Cl3N4O4S/c1-28-13-7-2-4-10(8-13)14(25)22-15(17(18,19)20)23-16(29)21-11-5-3-6-12(9-11)24(26)27/h2-9,15H,1H3,(H,22,25)(H2,21,23,29)/t15-/m1/s1. The van der Waals surface area contributed by atoms with Crippen molar-refractivity contribution in [1.82, 2.24) is 10.6 Å². The van der Waals surface area contributed by atoms with E-state index in [1.165, 1.54) is 31.4 Å². The predicted octanol–water partition coefficient (Wildman–Crippen LogP) is 4.02. The minimum absolute atomic E-state index is 0.0206. The molecule has 0 aliphatic rings. The molecule has 0 aliphatic heterocycles. The van der Waals surface area contributed by atoms with Gasteiger partial charge in [-0.15, -0.1) is 0 Å². The first-order valence-electron chi connectivity index (χ1n) is 7.94. The number of hydrogen-bond donors (Lipinski definition) is 3. The van der Waals surface area contributed by atoms with Crippen LogP contribution in [0, 0.1) is 10.1 Å². The van der Waals surface area contributed by atoms with Crippen LogP contribution in [0.2, 0.25) is 0 Å². The van der Waals surface area contributed by atoms with Crippen molar-refractivity contribution in [3.8, 4) is 5.75 Å². The number of halogens is 3. The molecule has 0 fully saturated rings. The molecule has 2 aromatic carbocycles. The van der Waals surface area contributed by atoms with Crippen molar-refractivity contribution in [3.05, 3.63) is 64.2 Å². The molecule has 1 atom stereocenters. The van der Waals surface area contributed by atoms with Crippen LogP contribution in [0.25, 0.3) is 0 Å². The molecule has 0 radical (unpaired) electrons. The number of methoxy groups -OCH3 is 1. The molecule has 0 aromatic heterocycles. The van der Waals surface area contributed by atoms with Crippen LogP contribution < -0.4 is 20.7 Å². The van der Waals surface area contributed by atoms with Crippen molar-refractivity contribution in [1.29, 1.82) is 0 Å². The van der Waals surface area contributed by atoms with Gasteiger partial charge in [0.05, 0.1) is 12.0 Å². The average Bonchev–Trinajstić information content (AvgIpc) is 2.66. The Bertz CT molecular complexity index is 924. The molecule has 8 nitrogen and oxygen atoms in total. The maximum atomic E-state index is 12.5. The fraction of sp³-hybridized carbons (Fsp3) is 0.176. The van der Waals surface area contributed by atoms with Crippen molar-refractivity contribution in [2.24, 2.45) is 0 Å². The summed E-state index contributed by atoms with van der Waals surface area (Å²) >= 11 is 23.0. The first kappa shape index (κ1) is 23.0. The van der Waals surface area contributed by atoms with Gasteiger partial charge in [-0.3, -0.25) is 14.9 Å². The van der Waals surface area contributed by atoms with Crippen LogP contribution in [0.5, 0.6) is 5.75 Å². The third kappa shape index (κ3) is 6.90. The van der Waals surface area contributed by atoms with Crippen molar-refractivity contribution in [2.45, 2.75) is 9.96 Å². The molecule has 0 unspecified atom stereocenters. The Morgan fingerprint density at radius 2 is 1.86 bits per heavy atom. The van der Waals surface area contributed by atoms with Crippen molar-refractivity contribution in [2.75, 3.05) is 12.4 Å². The second kappa shape index (κ2) is 9.93. The van der Waals surface area contributed by atoms with Crippen LogP contribution in [-0.2, 0) is 0 Å². The van der Waals surface area contributed by atoms with E-state index in [4.69, 9.17) is 51.8 Å². The number of nitrogens with zero attached hydrogens (tertiary/aromatic N) is 1. The van der Waals surface area contributed by atoms with Crippen LogP contribution in [-0.4, -0.2) is 33.0 Å². The highest BCUT2D eigenvalue weighted by atomic mass is 35.6. The van der Waals surface area contributed by atoms with Crippen molar-refractivity contribution < 1.29 is 14.5 Å². The number of benzene rings is 2. The topological polar surface area (TPSA) is 106 Å². The monoisotopic (exact) mass is 476 g/mol. The number of hydrogen-bond acceptors (Lipinski definition) is 5. The minimum atomic E-state index is -1.96. The van der Waals surface area contributed by atoms with Crippen LogP contribution in [0.3, 0.4) is 0 Å². The number of thiocarbonyl (C=S) groups is 1. The smallest absolute Gasteiger partial charge is 0.271 e. The Hall–Kier alpha value is -2.33. The van der Waals surface area contributed by atoms with Gasteiger partial charge >= 0.3 is 0 Å². The zero-order chi connectivity index (χ0) is 21.6. The number of carbonyl (C=O) groups is 1. The van der Waals surface area contributed by atoms with E-state index in [1.54, 1.807) is 24.3 Å². The number of amides is 1. The summed E-state index contributed by atoms with van der Waals surface area (Å²) in [7, 11) is 1.47. The predicted molar refractivity (Wildman–Crippen MR) is 117 cm³/mol. The molecule has 0 spiro atoms. The van der Waals surface area contributed by atoms with Gasteiger partial charge in [0.25, 0.3) is 11.6 Å². The second-order valence-corrected chi connectivity index (χ2v) is 8.36. The number of carbonyl (C=O) groups excluding carboxylic acids is 1. The fourth-order valence-electron chi connectivity index (χ4n) is 2.17. The average molecular weight is 478 g/mol. The normalized spacial score (nSPS) is 11.9. The summed E-state index contributed by atoms with van der Waals surface area (Å²) in [4.78, 5) is 22.8. The quantitative estimate of drug-likeness (QED) is 0.190. The Kier molecular flexibility index (Phi) is 7.86. The van der Waals surface area contributed by atoms with Gasteiger partial charge < -0.3 is 20.7 Å². The third-order valence-corrected chi connectivity index (χ3v) is 4.40. The van der Waals surface area contributed by atoms with Gasteiger partial charge in [-0.2, -0.15) is 0 Å². The van der Waals surface area contributed by atoms with E-state index in [0.717, 1.165) is 0 Å². The van der Waals surface area contributed by atoms with Crippen LogP contribution in [0.15, 0.2) is 48.5 Å². The van der Waals surface area contributed by atoms with E-state index < -0.39 is 20.8 Å². The number of non-ortho nitro benzene ring substituents is 1. The number of rotatable bonds is 6. The molecular weight excluding hydrogens is 463 g/mol. The van der Waals surface area contributed by atoms with E-state index >= 15 is 0 Å². The summed E-state index contributed by atoms with van der Waals surface area (Å²) in [6.07, 6.45) is -1.20. The molecule has 2 aromatic rings.